The van der Waals surface area contributed by atoms with Crippen LogP contribution < -0.4 is 11.1 Å². The molecule has 2 saturated heterocycles. The molecule has 34 heavy (non-hydrogen) atoms. The highest BCUT2D eigenvalue weighted by molar-refractivity contribution is 5.87. The molecule has 2 aliphatic rings. The Bertz CT molecular complexity index is 930. The maximum Gasteiger partial charge on any atom is 0.416 e. The predicted molar refractivity (Wildman–Crippen MR) is 120 cm³/mol. The molecular formula is C24H32F3N5O2. The number of nitrogens with two attached hydrogens (primary N) is 1. The van der Waals surface area contributed by atoms with Crippen LogP contribution in [0.1, 0.15) is 57.2 Å². The number of alkyl halides is 3. The van der Waals surface area contributed by atoms with Crippen LogP contribution in [0, 0.1) is 17.2 Å². The maximum atomic E-state index is 13.1. The van der Waals surface area contributed by atoms with Crippen LogP contribution in [0.3, 0.4) is 0 Å². The highest BCUT2D eigenvalue weighted by Gasteiger charge is 2.51. The summed E-state index contributed by atoms with van der Waals surface area (Å²) < 4.78 is 38.5. The van der Waals surface area contributed by atoms with Crippen LogP contribution in [0.2, 0.25) is 0 Å². The molecule has 0 spiro atoms. The number of hydrogen-bond acceptors (Lipinski definition) is 5. The number of halogens is 3. The van der Waals surface area contributed by atoms with Crippen molar-refractivity contribution in [3.63, 3.8) is 0 Å². The summed E-state index contributed by atoms with van der Waals surface area (Å²) in [5, 5.41) is 12.0. The van der Waals surface area contributed by atoms with E-state index in [-0.39, 0.29) is 24.5 Å². The van der Waals surface area contributed by atoms with E-state index < -0.39 is 35.8 Å². The average molecular weight is 480 g/mol. The molecule has 1 aromatic rings. The molecule has 2 amide bonds. The first-order valence-electron chi connectivity index (χ1n) is 11.6. The van der Waals surface area contributed by atoms with Gasteiger partial charge in [0.2, 0.25) is 11.8 Å². The van der Waals surface area contributed by atoms with Crippen LogP contribution in [-0.2, 0) is 15.8 Å². The molecule has 3 rings (SSSR count). The normalized spacial score (nSPS) is 23.9. The van der Waals surface area contributed by atoms with Crippen molar-refractivity contribution in [2.24, 2.45) is 11.7 Å². The number of nitriles is 1. The highest BCUT2D eigenvalue weighted by atomic mass is 19.4. The number of piperazine rings is 1. The van der Waals surface area contributed by atoms with Crippen molar-refractivity contribution < 1.29 is 22.8 Å². The zero-order chi connectivity index (χ0) is 25.2. The van der Waals surface area contributed by atoms with E-state index >= 15 is 0 Å². The van der Waals surface area contributed by atoms with Gasteiger partial charge < -0.3 is 16.0 Å². The molecule has 2 aliphatic heterocycles. The number of rotatable bonds is 9. The van der Waals surface area contributed by atoms with Crippen LogP contribution in [0.15, 0.2) is 24.3 Å². The van der Waals surface area contributed by atoms with Gasteiger partial charge in [0.1, 0.15) is 6.04 Å². The van der Waals surface area contributed by atoms with Crippen molar-refractivity contribution in [1.82, 2.24) is 15.1 Å². The third-order valence-corrected chi connectivity index (χ3v) is 7.03. The van der Waals surface area contributed by atoms with Crippen molar-refractivity contribution in [3.05, 3.63) is 35.4 Å². The molecule has 6 atom stereocenters. The fourth-order valence-corrected chi connectivity index (χ4v) is 4.84. The summed E-state index contributed by atoms with van der Waals surface area (Å²) in [6, 6.07) is 4.65. The molecule has 0 radical (unpaired) electrons. The van der Waals surface area contributed by atoms with Gasteiger partial charge >= 0.3 is 6.18 Å². The lowest BCUT2D eigenvalue weighted by Gasteiger charge is -2.38. The highest BCUT2D eigenvalue weighted by Crippen LogP contribution is 2.38. The lowest BCUT2D eigenvalue weighted by atomic mass is 10.00. The number of benzene rings is 1. The van der Waals surface area contributed by atoms with Gasteiger partial charge in [-0.3, -0.25) is 14.5 Å². The zero-order valence-electron chi connectivity index (χ0n) is 19.7. The van der Waals surface area contributed by atoms with E-state index in [2.05, 4.69) is 11.4 Å². The number of carbonyl (C=O) groups excluding carboxylic acids is 2. The Morgan fingerprint density at radius 3 is 2.47 bits per heavy atom. The van der Waals surface area contributed by atoms with Gasteiger partial charge in [-0.2, -0.15) is 18.4 Å². The summed E-state index contributed by atoms with van der Waals surface area (Å²) in [4.78, 5) is 29.2. The van der Waals surface area contributed by atoms with E-state index in [9.17, 15) is 28.0 Å². The first kappa shape index (κ1) is 26.0. The third kappa shape index (κ3) is 5.53. The Morgan fingerprint density at radius 2 is 1.94 bits per heavy atom. The second-order valence-corrected chi connectivity index (χ2v) is 9.45. The van der Waals surface area contributed by atoms with Gasteiger partial charge in [-0.15, -0.1) is 0 Å². The van der Waals surface area contributed by atoms with Crippen molar-refractivity contribution in [2.45, 2.75) is 76.4 Å². The second-order valence-electron chi connectivity index (χ2n) is 9.45. The summed E-state index contributed by atoms with van der Waals surface area (Å²) in [5.41, 5.74) is 6.01. The van der Waals surface area contributed by atoms with Gasteiger partial charge in [0, 0.05) is 19.1 Å². The standard InChI is InChI=1S/C24H32F3N5O2/c1-4-14(2)9-18(11-28)30-22(33)20(29)13-31-12-19-10-21(31)23(34)32(19)15(3)16-5-7-17(8-6-16)24(25,26)27/h5-8,14-15,18-21H,4,9-10,12-13,29H2,1-3H3,(H,30,33)/t14?,15-,18?,19?,20?,21?/m0/s1. The van der Waals surface area contributed by atoms with E-state index in [4.69, 9.17) is 5.73 Å². The van der Waals surface area contributed by atoms with Gasteiger partial charge in [-0.1, -0.05) is 32.4 Å². The predicted octanol–water partition coefficient (Wildman–Crippen LogP) is 2.82. The SMILES string of the molecule is CCC(C)CC(C#N)NC(=O)C(N)CN1CC2CC1C(=O)N2[C@@H](C)c1ccc(C(F)(F)F)cc1. The van der Waals surface area contributed by atoms with Gasteiger partial charge in [-0.25, -0.2) is 0 Å². The zero-order valence-corrected chi connectivity index (χ0v) is 19.7. The largest absolute Gasteiger partial charge is 0.416 e. The molecule has 2 bridgehead atoms. The number of fused-ring (bicyclic) bond motifs is 2. The van der Waals surface area contributed by atoms with E-state index in [1.807, 2.05) is 25.7 Å². The summed E-state index contributed by atoms with van der Waals surface area (Å²) >= 11 is 0. The number of nitrogens with one attached hydrogen (secondary N) is 1. The molecule has 0 aromatic heterocycles. The van der Waals surface area contributed by atoms with Crippen LogP contribution in [0.5, 0.6) is 0 Å². The number of nitrogens with zero attached hydrogens (tertiary/aromatic N) is 3. The van der Waals surface area contributed by atoms with Crippen LogP contribution in [0.4, 0.5) is 13.2 Å². The first-order chi connectivity index (χ1) is 16.0. The van der Waals surface area contributed by atoms with Crippen LogP contribution in [-0.4, -0.2) is 58.9 Å². The number of carbonyl (C=O) groups is 2. The summed E-state index contributed by atoms with van der Waals surface area (Å²) in [5.74, 6) is -0.228. The minimum atomic E-state index is -4.41. The van der Waals surface area contributed by atoms with Crippen molar-refractivity contribution in [3.8, 4) is 6.07 Å². The van der Waals surface area contributed by atoms with E-state index in [1.54, 1.807) is 4.90 Å². The Morgan fingerprint density at radius 1 is 1.29 bits per heavy atom. The monoisotopic (exact) mass is 479 g/mol. The number of hydrogen-bond donors (Lipinski definition) is 2. The molecule has 1 aromatic carbocycles. The Kier molecular flexibility index (Phi) is 7.88. The molecule has 2 fully saturated rings. The first-order valence-corrected chi connectivity index (χ1v) is 11.6. The molecule has 186 valence electrons. The molecular weight excluding hydrogens is 447 g/mol. The fourth-order valence-electron chi connectivity index (χ4n) is 4.84. The van der Waals surface area contributed by atoms with Crippen molar-refractivity contribution in [2.75, 3.05) is 13.1 Å². The summed E-state index contributed by atoms with van der Waals surface area (Å²) in [6.45, 7) is 6.58. The molecule has 7 nitrogen and oxygen atoms in total. The quantitative estimate of drug-likeness (QED) is 0.567. The smallest absolute Gasteiger partial charge is 0.339 e. The van der Waals surface area contributed by atoms with E-state index in [0.717, 1.165) is 18.6 Å². The van der Waals surface area contributed by atoms with Crippen molar-refractivity contribution >= 4 is 11.8 Å². The maximum absolute atomic E-state index is 13.1. The van der Waals surface area contributed by atoms with Gasteiger partial charge in [-0.05, 0) is 43.4 Å². The van der Waals surface area contributed by atoms with Crippen LogP contribution >= 0.6 is 0 Å². The lowest BCUT2D eigenvalue weighted by molar-refractivity contribution is -0.140. The Hall–Kier alpha value is -2.64. The van der Waals surface area contributed by atoms with Gasteiger partial charge in [0.15, 0.2) is 0 Å². The molecule has 0 saturated carbocycles. The molecule has 0 aliphatic carbocycles. The van der Waals surface area contributed by atoms with E-state index in [1.165, 1.54) is 12.1 Å². The molecule has 10 heteroatoms. The van der Waals surface area contributed by atoms with Gasteiger partial charge in [0.25, 0.3) is 0 Å². The topological polar surface area (TPSA) is 102 Å². The molecule has 3 N–H and O–H groups in total. The molecule has 5 unspecified atom stereocenters. The van der Waals surface area contributed by atoms with E-state index in [0.29, 0.717) is 30.9 Å². The Balaban J connectivity index is 1.58. The number of amides is 2. The second kappa shape index (κ2) is 10.3. The summed E-state index contributed by atoms with van der Waals surface area (Å²) in [6.07, 6.45) is -2.36. The Labute approximate surface area is 198 Å². The minimum absolute atomic E-state index is 0.0951. The van der Waals surface area contributed by atoms with Crippen LogP contribution in [0.25, 0.3) is 0 Å². The average Bonchev–Trinajstić information content (AvgIpc) is 3.34. The van der Waals surface area contributed by atoms with Crippen molar-refractivity contribution in [1.29, 1.82) is 5.26 Å². The minimum Gasteiger partial charge on any atom is -0.339 e. The van der Waals surface area contributed by atoms with Gasteiger partial charge in [0.05, 0.1) is 29.8 Å². The number of likely N-dealkylation sites (tertiary alicyclic amines) is 2. The molecule has 2 heterocycles. The summed E-state index contributed by atoms with van der Waals surface area (Å²) in [7, 11) is 0. The lowest BCUT2D eigenvalue weighted by Crippen LogP contribution is -2.56. The fraction of sp³-hybridized carbons (Fsp3) is 0.625. The third-order valence-electron chi connectivity index (χ3n) is 7.03.